The topological polar surface area (TPSA) is 64.2 Å². The third kappa shape index (κ3) is 3.40. The maximum Gasteiger partial charge on any atom is 0.245 e. The second-order valence-corrected chi connectivity index (χ2v) is 8.31. The summed E-state index contributed by atoms with van der Waals surface area (Å²) in [7, 11) is 0. The van der Waals surface area contributed by atoms with E-state index in [2.05, 4.69) is 65.6 Å². The maximum absolute atomic E-state index is 12.5. The zero-order valence-corrected chi connectivity index (χ0v) is 18.0. The Morgan fingerprint density at radius 1 is 1.10 bits per heavy atom. The SMILES string of the molecule is CC(=O)N(c1nccs1)n1cc(CCN)c2cc(-c3cccc4ccccc34)ccc21. The lowest BCUT2D eigenvalue weighted by Crippen LogP contribution is -2.33. The van der Waals surface area contributed by atoms with Crippen molar-refractivity contribution in [1.82, 2.24) is 9.66 Å². The highest BCUT2D eigenvalue weighted by molar-refractivity contribution is 7.13. The zero-order valence-electron chi connectivity index (χ0n) is 17.2. The quantitative estimate of drug-likeness (QED) is 0.418. The number of hydrogen-bond acceptors (Lipinski definition) is 4. The van der Waals surface area contributed by atoms with E-state index in [1.54, 1.807) is 18.1 Å². The van der Waals surface area contributed by atoms with E-state index >= 15 is 0 Å². The number of benzene rings is 3. The average Bonchev–Trinajstić information content (AvgIpc) is 3.43. The molecule has 5 rings (SSSR count). The van der Waals surface area contributed by atoms with E-state index in [1.165, 1.54) is 27.7 Å². The van der Waals surface area contributed by atoms with Crippen molar-refractivity contribution in [1.29, 1.82) is 0 Å². The van der Waals surface area contributed by atoms with Crippen LogP contribution in [0, 0.1) is 0 Å². The number of nitrogens with two attached hydrogens (primary N) is 1. The van der Waals surface area contributed by atoms with Crippen LogP contribution >= 0.6 is 11.3 Å². The molecule has 0 fully saturated rings. The first-order valence-corrected chi connectivity index (χ1v) is 11.1. The summed E-state index contributed by atoms with van der Waals surface area (Å²) in [4.78, 5) is 16.9. The lowest BCUT2D eigenvalue weighted by Gasteiger charge is -2.20. The summed E-state index contributed by atoms with van der Waals surface area (Å²) in [6.07, 6.45) is 4.44. The summed E-state index contributed by atoms with van der Waals surface area (Å²) in [6, 6.07) is 21.2. The Bertz CT molecular complexity index is 1380. The third-order valence-electron chi connectivity index (χ3n) is 5.50. The predicted molar refractivity (Wildman–Crippen MR) is 128 cm³/mol. The summed E-state index contributed by atoms with van der Waals surface area (Å²) in [5.74, 6) is -0.0933. The van der Waals surface area contributed by atoms with Gasteiger partial charge < -0.3 is 5.73 Å². The van der Waals surface area contributed by atoms with Crippen molar-refractivity contribution in [3.63, 3.8) is 0 Å². The Balaban J connectivity index is 1.72. The first kappa shape index (κ1) is 19.5. The molecule has 2 aromatic heterocycles. The van der Waals surface area contributed by atoms with Gasteiger partial charge in [-0.15, -0.1) is 11.3 Å². The Morgan fingerprint density at radius 2 is 1.94 bits per heavy atom. The normalized spacial score (nSPS) is 11.3. The first-order valence-electron chi connectivity index (χ1n) is 10.2. The predicted octanol–water partition coefficient (Wildman–Crippen LogP) is 5.24. The smallest absolute Gasteiger partial charge is 0.245 e. The molecule has 0 spiro atoms. The fourth-order valence-corrected chi connectivity index (χ4v) is 4.83. The minimum atomic E-state index is -0.0933. The number of carbonyl (C=O) groups excluding carboxylic acids is 1. The van der Waals surface area contributed by atoms with Crippen molar-refractivity contribution >= 4 is 44.1 Å². The minimum absolute atomic E-state index is 0.0933. The lowest BCUT2D eigenvalue weighted by atomic mass is 9.96. The minimum Gasteiger partial charge on any atom is -0.330 e. The van der Waals surface area contributed by atoms with Gasteiger partial charge in [0.25, 0.3) is 0 Å². The number of hydrogen-bond donors (Lipinski definition) is 1. The molecule has 3 aromatic carbocycles. The molecule has 0 aliphatic rings. The molecule has 0 aliphatic carbocycles. The second-order valence-electron chi connectivity index (χ2n) is 7.44. The Kier molecular flexibility index (Phi) is 5.02. The molecule has 0 radical (unpaired) electrons. The molecule has 2 N–H and O–H groups in total. The lowest BCUT2D eigenvalue weighted by molar-refractivity contribution is -0.117. The van der Waals surface area contributed by atoms with Crippen molar-refractivity contribution < 1.29 is 4.79 Å². The number of fused-ring (bicyclic) bond motifs is 2. The highest BCUT2D eigenvalue weighted by atomic mass is 32.1. The Hall–Kier alpha value is -3.48. The molecule has 0 aliphatic heterocycles. The van der Waals surface area contributed by atoms with Gasteiger partial charge in [0.1, 0.15) is 0 Å². The molecule has 0 atom stereocenters. The molecule has 1 amide bonds. The number of anilines is 1. The second kappa shape index (κ2) is 7.98. The van der Waals surface area contributed by atoms with Crippen LogP contribution in [0.1, 0.15) is 12.5 Å². The van der Waals surface area contributed by atoms with Crippen LogP contribution in [0.15, 0.2) is 78.4 Å². The van der Waals surface area contributed by atoms with Crippen LogP contribution in [0.3, 0.4) is 0 Å². The fraction of sp³-hybridized carbons (Fsp3) is 0.120. The average molecular weight is 427 g/mol. The molecule has 31 heavy (non-hydrogen) atoms. The number of nitrogens with zero attached hydrogens (tertiary/aromatic N) is 3. The summed E-state index contributed by atoms with van der Waals surface area (Å²) in [5, 5.41) is 7.66. The Labute approximate surface area is 184 Å². The molecule has 0 bridgehead atoms. The van der Waals surface area contributed by atoms with E-state index in [9.17, 15) is 4.79 Å². The molecule has 5 nitrogen and oxygen atoms in total. The standard InChI is InChI=1S/C25H22N4OS/c1-17(30)29(25-27-13-14-31-25)28-16-20(11-12-26)23-15-19(9-10-24(23)28)22-8-4-6-18-5-2-3-7-21(18)22/h2-10,13-16H,11-12,26H2,1H3. The number of carbonyl (C=O) groups is 1. The monoisotopic (exact) mass is 426 g/mol. The molecule has 5 aromatic rings. The number of rotatable bonds is 5. The summed E-state index contributed by atoms with van der Waals surface area (Å²) in [6.45, 7) is 2.09. The highest BCUT2D eigenvalue weighted by Gasteiger charge is 2.20. The molecule has 6 heteroatoms. The fourth-order valence-electron chi connectivity index (χ4n) is 4.14. The van der Waals surface area contributed by atoms with Crippen LogP contribution in [-0.2, 0) is 11.2 Å². The summed E-state index contributed by atoms with van der Waals surface area (Å²) < 4.78 is 1.90. The van der Waals surface area contributed by atoms with Crippen molar-refractivity contribution in [2.75, 3.05) is 11.6 Å². The van der Waals surface area contributed by atoms with Crippen LogP contribution < -0.4 is 10.7 Å². The summed E-state index contributed by atoms with van der Waals surface area (Å²) in [5.41, 5.74) is 10.3. The van der Waals surface area contributed by atoms with Gasteiger partial charge in [0.15, 0.2) is 0 Å². The number of amides is 1. The van der Waals surface area contributed by atoms with Crippen LogP contribution in [-0.4, -0.2) is 22.1 Å². The van der Waals surface area contributed by atoms with Gasteiger partial charge >= 0.3 is 0 Å². The van der Waals surface area contributed by atoms with Crippen LogP contribution in [0.5, 0.6) is 0 Å². The van der Waals surface area contributed by atoms with Crippen LogP contribution in [0.2, 0.25) is 0 Å². The van der Waals surface area contributed by atoms with E-state index in [0.717, 1.165) is 28.5 Å². The van der Waals surface area contributed by atoms with E-state index in [-0.39, 0.29) is 5.91 Å². The van der Waals surface area contributed by atoms with Gasteiger partial charge in [0.2, 0.25) is 11.0 Å². The van der Waals surface area contributed by atoms with E-state index < -0.39 is 0 Å². The van der Waals surface area contributed by atoms with Crippen LogP contribution in [0.4, 0.5) is 5.13 Å². The molecule has 0 saturated heterocycles. The summed E-state index contributed by atoms with van der Waals surface area (Å²) >= 11 is 1.44. The van der Waals surface area contributed by atoms with E-state index in [0.29, 0.717) is 11.7 Å². The number of aromatic nitrogens is 2. The van der Waals surface area contributed by atoms with E-state index in [4.69, 9.17) is 5.73 Å². The van der Waals surface area contributed by atoms with Crippen molar-refractivity contribution in [2.45, 2.75) is 13.3 Å². The molecule has 0 saturated carbocycles. The van der Waals surface area contributed by atoms with Gasteiger partial charge in [-0.25, -0.2) is 4.98 Å². The van der Waals surface area contributed by atoms with E-state index in [1.807, 2.05) is 16.3 Å². The largest absolute Gasteiger partial charge is 0.330 e. The zero-order chi connectivity index (χ0) is 21.4. The molecule has 0 unspecified atom stereocenters. The van der Waals surface area contributed by atoms with Gasteiger partial charge in [-0.2, -0.15) is 5.01 Å². The van der Waals surface area contributed by atoms with Crippen molar-refractivity contribution in [3.8, 4) is 11.1 Å². The molecule has 2 heterocycles. The van der Waals surface area contributed by atoms with Crippen molar-refractivity contribution in [2.24, 2.45) is 5.73 Å². The van der Waals surface area contributed by atoms with Gasteiger partial charge in [-0.3, -0.25) is 9.47 Å². The third-order valence-corrected chi connectivity index (χ3v) is 6.24. The van der Waals surface area contributed by atoms with Gasteiger partial charge in [-0.05, 0) is 52.6 Å². The van der Waals surface area contributed by atoms with Gasteiger partial charge in [0.05, 0.1) is 5.52 Å². The maximum atomic E-state index is 12.5. The van der Waals surface area contributed by atoms with Gasteiger partial charge in [0, 0.05) is 30.1 Å². The number of thiazole rings is 1. The molecular formula is C25H22N4OS. The van der Waals surface area contributed by atoms with Gasteiger partial charge in [-0.1, -0.05) is 48.5 Å². The molecular weight excluding hydrogens is 404 g/mol. The highest BCUT2D eigenvalue weighted by Crippen LogP contribution is 2.33. The van der Waals surface area contributed by atoms with Crippen molar-refractivity contribution in [3.05, 3.63) is 84.0 Å². The van der Waals surface area contributed by atoms with Crippen LogP contribution in [0.25, 0.3) is 32.8 Å². The first-order chi connectivity index (χ1) is 15.2. The Morgan fingerprint density at radius 3 is 2.71 bits per heavy atom. The molecule has 154 valence electrons.